The number of aliphatic hydroxyl groups excluding tert-OH is 1. The number of amides is 12. The zero-order valence-electron chi connectivity index (χ0n) is 55.8. The largest absolute Gasteiger partial charge is 0.386 e. The molecule has 11 atom stereocenters. The Morgan fingerprint density at radius 2 is 1.26 bits per heavy atom. The molecule has 2 aliphatic heterocycles. The predicted octanol–water partition coefficient (Wildman–Crippen LogP) is 1.39. The maximum Gasteiger partial charge on any atom is 0.258 e. The average Bonchev–Trinajstić information content (AvgIpc) is 1.56. The molecule has 520 valence electrons. The van der Waals surface area contributed by atoms with Gasteiger partial charge in [-0.3, -0.25) is 62.4 Å². The maximum atomic E-state index is 14.7. The summed E-state index contributed by atoms with van der Waals surface area (Å²) in [4.78, 5) is 166. The van der Waals surface area contributed by atoms with Crippen LogP contribution in [0.2, 0.25) is 0 Å². The maximum absolute atomic E-state index is 14.7. The molecular weight excluding hydrogens is 1350 g/mol. The molecule has 0 saturated carbocycles. The first-order chi connectivity index (χ1) is 44.6. The van der Waals surface area contributed by atoms with Crippen LogP contribution in [0.4, 0.5) is 0 Å². The molecule has 1 saturated heterocycles. The van der Waals surface area contributed by atoms with Crippen LogP contribution in [-0.2, 0) is 78.2 Å². The highest BCUT2D eigenvalue weighted by atomic mass is 79.9. The van der Waals surface area contributed by atoms with E-state index in [-0.39, 0.29) is 52.4 Å². The number of likely N-dealkylation sites (tertiary alicyclic amines) is 1. The fourth-order valence-electron chi connectivity index (χ4n) is 11.5. The topological polar surface area (TPSA) is 350 Å². The number of benzene rings is 2. The van der Waals surface area contributed by atoms with Crippen LogP contribution in [0.15, 0.2) is 71.8 Å². The van der Waals surface area contributed by atoms with Gasteiger partial charge >= 0.3 is 0 Å². The minimum absolute atomic E-state index is 0.00972. The summed E-state index contributed by atoms with van der Waals surface area (Å²) < 4.78 is 17.5. The van der Waals surface area contributed by atoms with Gasteiger partial charge in [0.25, 0.3) is 11.8 Å². The minimum Gasteiger partial charge on any atom is -0.386 e. The number of ether oxygens (including phenoxy) is 3. The number of imide groups is 1. The lowest BCUT2D eigenvalue weighted by molar-refractivity contribution is -0.149. The molecule has 0 unspecified atom stereocenters. The number of aliphatic hydroxyl groups is 1. The summed E-state index contributed by atoms with van der Waals surface area (Å²) in [5.74, 6) is -9.18. The molecule has 1 fully saturated rings. The number of hydrogen-bond donors (Lipinski definition) is 8. The normalized spacial score (nSPS) is 17.2. The zero-order chi connectivity index (χ0) is 70.1. The summed E-state index contributed by atoms with van der Waals surface area (Å²) in [7, 11) is 6.02. The molecule has 94 heavy (non-hydrogen) atoms. The second-order valence-electron chi connectivity index (χ2n) is 24.3. The highest BCUT2D eigenvalue weighted by molar-refractivity contribution is 9.09. The van der Waals surface area contributed by atoms with Crippen LogP contribution in [-0.4, -0.2) is 229 Å². The van der Waals surface area contributed by atoms with Gasteiger partial charge in [-0.25, -0.2) is 0 Å². The van der Waals surface area contributed by atoms with Gasteiger partial charge < -0.3 is 71.2 Å². The number of rotatable bonds is 38. The Balaban J connectivity index is 1.29. The SMILES string of the molecule is CC[C@H](C)[C@@H]([C@@H](CC(=O)N1CCC[C@H]1[C@H](OC)[C@@H](C)C(=O)N[C@H](C)[C@@H](O)c1ccccc1)OC)N(C)C(=O)[C@@H](NC(=O)[C@H](C(C)C)N(C)C(=O)COCNC(=O)CNC(=O)[C@H](Cc1ccccc1)NC(=O)CNC(=O)CNC(=O)CN1C(=O)C(CBr)=C(CBr)C1=O)C(C)C. The fraction of sp³-hybridized carbons (Fsp3) is 0.600. The van der Waals surface area contributed by atoms with E-state index in [1.807, 2.05) is 32.0 Å². The Labute approximate surface area is 567 Å². The number of likely N-dealkylation sites (N-methyl/N-ethyl adjacent to an activating group) is 2. The van der Waals surface area contributed by atoms with E-state index >= 15 is 0 Å². The number of methoxy groups -OCH3 is 2. The van der Waals surface area contributed by atoms with E-state index in [1.165, 1.54) is 31.1 Å². The monoisotopic (exact) mass is 1440 g/mol. The van der Waals surface area contributed by atoms with Gasteiger partial charge in [0.2, 0.25) is 59.1 Å². The van der Waals surface area contributed by atoms with Gasteiger partial charge in [0.15, 0.2) is 0 Å². The average molecular weight is 1450 g/mol. The molecule has 0 bridgehead atoms. The van der Waals surface area contributed by atoms with E-state index in [4.69, 9.17) is 14.2 Å². The molecule has 8 N–H and O–H groups in total. The van der Waals surface area contributed by atoms with Gasteiger partial charge in [-0.05, 0) is 48.6 Å². The lowest BCUT2D eigenvalue weighted by Gasteiger charge is -2.41. The van der Waals surface area contributed by atoms with Crippen molar-refractivity contribution in [1.29, 1.82) is 0 Å². The number of nitrogens with one attached hydrogen (secondary N) is 7. The molecule has 27 nitrogen and oxygen atoms in total. The summed E-state index contributed by atoms with van der Waals surface area (Å²) >= 11 is 6.34. The lowest BCUT2D eigenvalue weighted by Crippen LogP contribution is -2.60. The van der Waals surface area contributed by atoms with Gasteiger partial charge in [-0.2, -0.15) is 0 Å². The fourth-order valence-corrected chi connectivity index (χ4v) is 12.6. The molecular formula is C65H95Br2N11O16. The third-order valence-electron chi connectivity index (χ3n) is 17.0. The minimum atomic E-state index is -1.22. The Bertz CT molecular complexity index is 2950. The zero-order valence-corrected chi connectivity index (χ0v) is 59.0. The molecule has 0 spiro atoms. The summed E-state index contributed by atoms with van der Waals surface area (Å²) in [5.41, 5.74) is 1.73. The van der Waals surface area contributed by atoms with E-state index in [0.29, 0.717) is 36.9 Å². The highest BCUT2D eigenvalue weighted by Crippen LogP contribution is 2.31. The summed E-state index contributed by atoms with van der Waals surface area (Å²) in [6.07, 6.45) is -0.668. The predicted molar refractivity (Wildman–Crippen MR) is 355 cm³/mol. The van der Waals surface area contributed by atoms with Crippen molar-refractivity contribution >= 4 is 103 Å². The van der Waals surface area contributed by atoms with Gasteiger partial charge in [-0.1, -0.05) is 147 Å². The first kappa shape index (κ1) is 79.3. The van der Waals surface area contributed by atoms with Crippen molar-refractivity contribution in [3.8, 4) is 0 Å². The van der Waals surface area contributed by atoms with Gasteiger partial charge in [0, 0.05) is 63.1 Å². The van der Waals surface area contributed by atoms with Crippen molar-refractivity contribution in [2.24, 2.45) is 23.7 Å². The van der Waals surface area contributed by atoms with Crippen molar-refractivity contribution < 1.29 is 76.9 Å². The molecule has 29 heteroatoms. The van der Waals surface area contributed by atoms with Crippen molar-refractivity contribution in [1.82, 2.24) is 56.8 Å². The van der Waals surface area contributed by atoms with Crippen molar-refractivity contribution in [2.45, 2.75) is 142 Å². The van der Waals surface area contributed by atoms with E-state index < -0.39 is 171 Å². The van der Waals surface area contributed by atoms with E-state index in [9.17, 15) is 62.6 Å². The number of nitrogens with zero attached hydrogens (tertiary/aromatic N) is 4. The second-order valence-corrected chi connectivity index (χ2v) is 25.4. The van der Waals surface area contributed by atoms with Crippen LogP contribution >= 0.6 is 31.9 Å². The first-order valence-corrected chi connectivity index (χ1v) is 33.7. The van der Waals surface area contributed by atoms with Crippen LogP contribution in [0.5, 0.6) is 0 Å². The summed E-state index contributed by atoms with van der Waals surface area (Å²) in [6, 6.07) is 12.6. The van der Waals surface area contributed by atoms with Gasteiger partial charge in [0.05, 0.1) is 68.4 Å². The first-order valence-electron chi connectivity index (χ1n) is 31.5. The number of alkyl halides is 2. The molecule has 2 aromatic carbocycles. The lowest BCUT2D eigenvalue weighted by atomic mass is 9.89. The Kier molecular flexibility index (Phi) is 32.9. The van der Waals surface area contributed by atoms with Crippen LogP contribution < -0.4 is 37.2 Å². The van der Waals surface area contributed by atoms with Crippen LogP contribution in [0.3, 0.4) is 0 Å². The van der Waals surface area contributed by atoms with E-state index in [0.717, 1.165) is 4.90 Å². The second kappa shape index (κ2) is 39.0. The third-order valence-corrected chi connectivity index (χ3v) is 18.1. The number of hydrogen-bond acceptors (Lipinski definition) is 16. The Morgan fingerprint density at radius 3 is 1.82 bits per heavy atom. The summed E-state index contributed by atoms with van der Waals surface area (Å²) in [5, 5.41) is 29.1. The molecule has 2 aliphatic rings. The molecule has 0 radical (unpaired) electrons. The van der Waals surface area contributed by atoms with Crippen LogP contribution in [0.1, 0.15) is 98.3 Å². The number of carbonyl (C=O) groups is 12. The molecule has 2 heterocycles. The summed E-state index contributed by atoms with van der Waals surface area (Å²) in [6.45, 7) is 11.4. The number of halogens is 2. The van der Waals surface area contributed by atoms with Crippen LogP contribution in [0, 0.1) is 23.7 Å². The Hall–Kier alpha value is -7.18. The molecule has 0 aliphatic carbocycles. The van der Waals surface area contributed by atoms with Gasteiger partial charge in [0.1, 0.15) is 38.0 Å². The van der Waals surface area contributed by atoms with E-state index in [2.05, 4.69) is 69.1 Å². The molecule has 12 amide bonds. The highest BCUT2D eigenvalue weighted by Gasteiger charge is 2.44. The standard InChI is InChI=1S/C65H95Br2N11O16/c1-13-39(6)57(48(92-11)28-53(83)77-26-20-25-47(77)59(93-12)40(7)60(86)72-41(8)58(85)43-23-18-15-19-24-43)76(10)65(91)55(37(2)3)74-62(88)56(38(4)5)75(9)54(84)35-94-36-71-50(80)32-70-61(87)46(27-42-21-16-14-17-22-42)73-51(81)33-68-49(79)31-69-52(82)34-78-63(89)44(29-66)45(30-67)64(78)90/h14-19,21-24,37-41,46-48,55-59,85H,13,20,25-36H2,1-12H3,(H,68,79)(H,69,82)(H,70,87)(H,71,80)(H,72,86)(H,73,81)(H,74,88)/t39-,40+,41+,46-,47-,48+,55-,56-,57-,58+,59+/m0/s1. The smallest absolute Gasteiger partial charge is 0.258 e. The van der Waals surface area contributed by atoms with Crippen molar-refractivity contribution in [2.75, 3.05) is 85.0 Å². The Morgan fingerprint density at radius 1 is 0.681 bits per heavy atom. The van der Waals surface area contributed by atoms with E-state index in [1.54, 1.807) is 96.0 Å². The third kappa shape index (κ3) is 22.5. The quantitative estimate of drug-likeness (QED) is 0.0204. The molecule has 0 aromatic heterocycles. The number of carbonyl (C=O) groups excluding carboxylic acids is 12. The molecule has 2 aromatic rings. The van der Waals surface area contributed by atoms with Crippen LogP contribution in [0.25, 0.3) is 0 Å². The van der Waals surface area contributed by atoms with Gasteiger partial charge in [-0.15, -0.1) is 0 Å². The molecule has 4 rings (SSSR count). The van der Waals surface area contributed by atoms with Crippen molar-refractivity contribution in [3.63, 3.8) is 0 Å². The van der Waals surface area contributed by atoms with Crippen molar-refractivity contribution in [3.05, 3.63) is 82.9 Å².